The van der Waals surface area contributed by atoms with E-state index in [1.165, 1.54) is 11.1 Å². The normalized spacial score (nSPS) is 12.6. The first-order valence-corrected chi connectivity index (χ1v) is 4.63. The number of thiophene rings is 1. The standard InChI is InChI=1S/C9H13NOS/c1-9(2,3)8-5-4-7(12-8)6-10-11/h4-6,11H,1-3H3. The molecule has 0 amide bonds. The van der Waals surface area contributed by atoms with Crippen molar-refractivity contribution >= 4 is 17.6 Å². The van der Waals surface area contributed by atoms with Crippen LogP contribution in [0.15, 0.2) is 17.3 Å². The molecule has 0 spiro atoms. The minimum absolute atomic E-state index is 0.187. The van der Waals surface area contributed by atoms with Crippen molar-refractivity contribution in [2.24, 2.45) is 5.16 Å². The third-order valence-corrected chi connectivity index (χ3v) is 3.00. The molecule has 0 aliphatic rings. The number of hydrogen-bond acceptors (Lipinski definition) is 3. The van der Waals surface area contributed by atoms with Crippen LogP contribution in [0.25, 0.3) is 0 Å². The van der Waals surface area contributed by atoms with Gasteiger partial charge in [0.05, 0.1) is 6.21 Å². The van der Waals surface area contributed by atoms with Gasteiger partial charge < -0.3 is 5.21 Å². The molecule has 1 N–H and O–H groups in total. The van der Waals surface area contributed by atoms with E-state index in [1.54, 1.807) is 11.3 Å². The average Bonchev–Trinajstić information content (AvgIpc) is 2.35. The molecule has 3 heteroatoms. The molecular weight excluding hydrogens is 170 g/mol. The fourth-order valence-electron chi connectivity index (χ4n) is 0.882. The van der Waals surface area contributed by atoms with Crippen molar-refractivity contribution in [2.75, 3.05) is 0 Å². The Morgan fingerprint density at radius 1 is 1.42 bits per heavy atom. The van der Waals surface area contributed by atoms with E-state index in [0.29, 0.717) is 0 Å². The van der Waals surface area contributed by atoms with E-state index in [9.17, 15) is 0 Å². The Morgan fingerprint density at radius 3 is 2.50 bits per heavy atom. The summed E-state index contributed by atoms with van der Waals surface area (Å²) in [7, 11) is 0. The lowest BCUT2D eigenvalue weighted by atomic mass is 9.95. The molecule has 0 radical (unpaired) electrons. The molecule has 1 heterocycles. The van der Waals surface area contributed by atoms with Crippen LogP contribution in [0.3, 0.4) is 0 Å². The molecule has 12 heavy (non-hydrogen) atoms. The Labute approximate surface area is 76.5 Å². The van der Waals surface area contributed by atoms with Crippen LogP contribution >= 0.6 is 11.3 Å². The van der Waals surface area contributed by atoms with Gasteiger partial charge in [-0.3, -0.25) is 0 Å². The summed E-state index contributed by atoms with van der Waals surface area (Å²) in [4.78, 5) is 2.29. The first-order valence-electron chi connectivity index (χ1n) is 3.82. The lowest BCUT2D eigenvalue weighted by molar-refractivity contribution is 0.322. The maximum atomic E-state index is 8.31. The molecule has 0 saturated carbocycles. The van der Waals surface area contributed by atoms with Gasteiger partial charge in [-0.1, -0.05) is 25.9 Å². The zero-order valence-corrected chi connectivity index (χ0v) is 8.35. The van der Waals surface area contributed by atoms with Crippen molar-refractivity contribution in [1.29, 1.82) is 0 Å². The smallest absolute Gasteiger partial charge is 0.0833 e. The molecule has 2 nitrogen and oxygen atoms in total. The van der Waals surface area contributed by atoms with Gasteiger partial charge in [-0.05, 0) is 17.5 Å². The lowest BCUT2D eigenvalue weighted by Gasteiger charge is -2.14. The second-order valence-corrected chi connectivity index (χ2v) is 4.81. The van der Waals surface area contributed by atoms with Crippen LogP contribution in [0, 0.1) is 0 Å². The number of oxime groups is 1. The van der Waals surface area contributed by atoms with E-state index in [-0.39, 0.29) is 5.41 Å². The minimum atomic E-state index is 0.187. The van der Waals surface area contributed by atoms with Gasteiger partial charge in [0, 0.05) is 9.75 Å². The third-order valence-electron chi connectivity index (χ3n) is 1.55. The Morgan fingerprint density at radius 2 is 2.08 bits per heavy atom. The van der Waals surface area contributed by atoms with Crippen LogP contribution < -0.4 is 0 Å². The van der Waals surface area contributed by atoms with E-state index in [2.05, 4.69) is 32.0 Å². The van der Waals surface area contributed by atoms with E-state index in [4.69, 9.17) is 5.21 Å². The van der Waals surface area contributed by atoms with Crippen molar-refractivity contribution in [3.05, 3.63) is 21.9 Å². The summed E-state index contributed by atoms with van der Waals surface area (Å²) < 4.78 is 0. The maximum Gasteiger partial charge on any atom is 0.0833 e. The molecule has 0 unspecified atom stereocenters. The first kappa shape index (κ1) is 9.26. The van der Waals surface area contributed by atoms with Crippen molar-refractivity contribution < 1.29 is 5.21 Å². The van der Waals surface area contributed by atoms with Gasteiger partial charge in [0.2, 0.25) is 0 Å². The van der Waals surface area contributed by atoms with Crippen molar-refractivity contribution in [1.82, 2.24) is 0 Å². The Balaban J connectivity index is 2.92. The highest BCUT2D eigenvalue weighted by Crippen LogP contribution is 2.28. The summed E-state index contributed by atoms with van der Waals surface area (Å²) in [5, 5.41) is 11.3. The first-order chi connectivity index (χ1) is 5.54. The second-order valence-electron chi connectivity index (χ2n) is 3.70. The summed E-state index contributed by atoms with van der Waals surface area (Å²) >= 11 is 1.66. The largest absolute Gasteiger partial charge is 0.411 e. The summed E-state index contributed by atoms with van der Waals surface area (Å²) in [6.07, 6.45) is 1.46. The Kier molecular flexibility index (Phi) is 2.52. The van der Waals surface area contributed by atoms with E-state index in [0.717, 1.165) is 4.88 Å². The minimum Gasteiger partial charge on any atom is -0.411 e. The monoisotopic (exact) mass is 183 g/mol. The highest BCUT2D eigenvalue weighted by atomic mass is 32.1. The number of rotatable bonds is 1. The van der Waals surface area contributed by atoms with Crippen molar-refractivity contribution in [3.63, 3.8) is 0 Å². The van der Waals surface area contributed by atoms with Crippen molar-refractivity contribution in [2.45, 2.75) is 26.2 Å². The van der Waals surface area contributed by atoms with E-state index >= 15 is 0 Å². The lowest BCUT2D eigenvalue weighted by Crippen LogP contribution is -2.07. The highest BCUT2D eigenvalue weighted by Gasteiger charge is 2.15. The van der Waals surface area contributed by atoms with E-state index < -0.39 is 0 Å². The second kappa shape index (κ2) is 3.27. The molecule has 0 aliphatic heterocycles. The number of hydrogen-bond donors (Lipinski definition) is 1. The summed E-state index contributed by atoms with van der Waals surface area (Å²) in [5.41, 5.74) is 0.187. The fourth-order valence-corrected chi connectivity index (χ4v) is 1.81. The molecule has 66 valence electrons. The van der Waals surface area contributed by atoms with Gasteiger partial charge in [0.15, 0.2) is 0 Å². The predicted octanol–water partition coefficient (Wildman–Crippen LogP) is 2.85. The van der Waals surface area contributed by atoms with Crippen molar-refractivity contribution in [3.8, 4) is 0 Å². The molecule has 0 aromatic carbocycles. The van der Waals surface area contributed by atoms with Gasteiger partial charge in [-0.25, -0.2) is 0 Å². The maximum absolute atomic E-state index is 8.31. The Hall–Kier alpha value is -0.830. The molecule has 0 fully saturated rings. The summed E-state index contributed by atoms with van der Waals surface area (Å²) in [5.74, 6) is 0. The fraction of sp³-hybridized carbons (Fsp3) is 0.444. The van der Waals surface area contributed by atoms with Crippen LogP contribution in [0.2, 0.25) is 0 Å². The molecule has 1 aromatic heterocycles. The summed E-state index contributed by atoms with van der Waals surface area (Å²) in [6, 6.07) is 4.03. The van der Waals surface area contributed by atoms with Crippen LogP contribution in [-0.2, 0) is 5.41 Å². The SMILES string of the molecule is CC(C)(C)c1ccc(C=NO)s1. The third kappa shape index (κ3) is 2.08. The van der Waals surface area contributed by atoms with E-state index in [1.807, 2.05) is 6.07 Å². The van der Waals surface area contributed by atoms with Gasteiger partial charge in [0.1, 0.15) is 0 Å². The van der Waals surface area contributed by atoms with Crippen LogP contribution in [0.4, 0.5) is 0 Å². The number of nitrogens with zero attached hydrogens (tertiary/aromatic N) is 1. The topological polar surface area (TPSA) is 32.6 Å². The van der Waals surface area contributed by atoms with Crippen LogP contribution in [0.5, 0.6) is 0 Å². The quantitative estimate of drug-likeness (QED) is 0.405. The van der Waals surface area contributed by atoms with Gasteiger partial charge in [-0.15, -0.1) is 11.3 Å². The highest BCUT2D eigenvalue weighted by molar-refractivity contribution is 7.13. The zero-order chi connectivity index (χ0) is 9.19. The molecule has 1 aromatic rings. The predicted molar refractivity (Wildman–Crippen MR) is 52.4 cm³/mol. The molecule has 0 aliphatic carbocycles. The van der Waals surface area contributed by atoms with Gasteiger partial charge in [-0.2, -0.15) is 0 Å². The zero-order valence-electron chi connectivity index (χ0n) is 7.53. The summed E-state index contributed by atoms with van der Waals surface area (Å²) in [6.45, 7) is 6.50. The Bertz CT molecular complexity index is 283. The van der Waals surface area contributed by atoms with Gasteiger partial charge in [0.25, 0.3) is 0 Å². The molecule has 0 atom stereocenters. The average molecular weight is 183 g/mol. The van der Waals surface area contributed by atoms with Gasteiger partial charge >= 0.3 is 0 Å². The molecular formula is C9H13NOS. The molecule has 0 saturated heterocycles. The molecule has 0 bridgehead atoms. The molecule has 1 rings (SSSR count). The van der Waals surface area contributed by atoms with Crippen LogP contribution in [-0.4, -0.2) is 11.4 Å². The van der Waals surface area contributed by atoms with Crippen LogP contribution in [0.1, 0.15) is 30.5 Å².